The number of nitrogens with two attached hydrogens (primary N) is 1. The Bertz CT molecular complexity index is 691. The zero-order chi connectivity index (χ0) is 14.8. The maximum Gasteiger partial charge on any atom is 0.231 e. The van der Waals surface area contributed by atoms with E-state index in [1.165, 1.54) is 6.33 Å². The van der Waals surface area contributed by atoms with Gasteiger partial charge in [-0.2, -0.15) is 0 Å². The van der Waals surface area contributed by atoms with Crippen LogP contribution in [-0.4, -0.2) is 29.0 Å². The molecule has 0 saturated carbocycles. The van der Waals surface area contributed by atoms with Gasteiger partial charge in [0.2, 0.25) is 5.91 Å². The molecule has 1 amide bonds. The number of nitrogen functional groups attached to an aromatic ring is 1. The van der Waals surface area contributed by atoms with E-state index < -0.39 is 0 Å². The van der Waals surface area contributed by atoms with Gasteiger partial charge in [-0.05, 0) is 11.6 Å². The predicted octanol–water partition coefficient (Wildman–Crippen LogP) is 1.71. The maximum absolute atomic E-state index is 12.0. The molecule has 3 N–H and O–H groups in total. The number of anilines is 3. The number of nitrogens with one attached hydrogen (secondary N) is 1. The van der Waals surface area contributed by atoms with E-state index in [-0.39, 0.29) is 11.7 Å². The van der Waals surface area contributed by atoms with Crippen molar-refractivity contribution in [3.8, 4) is 0 Å². The highest BCUT2D eigenvalue weighted by Crippen LogP contribution is 2.28. The average molecular weight is 304 g/mol. The summed E-state index contributed by atoms with van der Waals surface area (Å²) in [5, 5.41) is 3.37. The van der Waals surface area contributed by atoms with Gasteiger partial charge < -0.3 is 16.0 Å². The number of carbonyl (C=O) groups is 1. The lowest BCUT2D eigenvalue weighted by molar-refractivity contribution is -0.117. The molecule has 0 atom stereocenters. The minimum absolute atomic E-state index is 0.103. The van der Waals surface area contributed by atoms with Crippen LogP contribution in [0.2, 0.25) is 5.02 Å². The lowest BCUT2D eigenvalue weighted by atomic mass is 10.2. The van der Waals surface area contributed by atoms with Crippen LogP contribution in [0.1, 0.15) is 5.56 Å². The Morgan fingerprint density at radius 2 is 2.14 bits per heavy atom. The van der Waals surface area contributed by atoms with Gasteiger partial charge in [-0.3, -0.25) is 4.79 Å². The number of rotatable bonds is 4. The van der Waals surface area contributed by atoms with Crippen molar-refractivity contribution in [1.29, 1.82) is 0 Å². The zero-order valence-electron chi connectivity index (χ0n) is 11.2. The molecule has 1 aliphatic rings. The summed E-state index contributed by atoms with van der Waals surface area (Å²) in [5.41, 5.74) is 7.64. The van der Waals surface area contributed by atoms with Crippen LogP contribution in [-0.2, 0) is 11.2 Å². The summed E-state index contributed by atoms with van der Waals surface area (Å²) >= 11 is 6.01. The van der Waals surface area contributed by atoms with E-state index in [0.717, 1.165) is 11.3 Å². The Morgan fingerprint density at radius 3 is 3.00 bits per heavy atom. The smallest absolute Gasteiger partial charge is 0.231 e. The van der Waals surface area contributed by atoms with Crippen molar-refractivity contribution in [3.05, 3.63) is 41.2 Å². The second-order valence-corrected chi connectivity index (χ2v) is 5.08. The normalized spacial score (nSPS) is 13.4. The van der Waals surface area contributed by atoms with Crippen LogP contribution in [0.3, 0.4) is 0 Å². The summed E-state index contributed by atoms with van der Waals surface area (Å²) in [6, 6.07) is 7.80. The number of hydrogen-bond acceptors (Lipinski definition) is 5. The number of amides is 1. The van der Waals surface area contributed by atoms with Crippen molar-refractivity contribution in [2.75, 3.05) is 29.0 Å². The Balaban J connectivity index is 1.66. The molecule has 0 radical (unpaired) electrons. The molecule has 0 unspecified atom stereocenters. The molecule has 0 fully saturated rings. The minimum atomic E-state index is 0.103. The molecule has 0 bridgehead atoms. The number of halogens is 1. The topological polar surface area (TPSA) is 84.1 Å². The SMILES string of the molecule is Nc1ncnc(NCCN2C(=O)Cc3ccccc32)c1Cl. The number of nitrogens with zero attached hydrogens (tertiary/aromatic N) is 3. The Kier molecular flexibility index (Phi) is 3.62. The number of aromatic nitrogens is 2. The third kappa shape index (κ3) is 2.62. The maximum atomic E-state index is 12.0. The van der Waals surface area contributed by atoms with Gasteiger partial charge in [0.1, 0.15) is 17.2 Å². The minimum Gasteiger partial charge on any atom is -0.382 e. The van der Waals surface area contributed by atoms with E-state index in [1.54, 1.807) is 4.90 Å². The van der Waals surface area contributed by atoms with Gasteiger partial charge in [-0.25, -0.2) is 9.97 Å². The van der Waals surface area contributed by atoms with Crippen LogP contribution in [0.5, 0.6) is 0 Å². The van der Waals surface area contributed by atoms with E-state index in [0.29, 0.717) is 30.4 Å². The Hall–Kier alpha value is -2.34. The molecule has 7 heteroatoms. The monoisotopic (exact) mass is 303 g/mol. The third-order valence-electron chi connectivity index (χ3n) is 3.37. The van der Waals surface area contributed by atoms with Gasteiger partial charge in [0.15, 0.2) is 5.82 Å². The van der Waals surface area contributed by atoms with Crippen molar-refractivity contribution >= 4 is 34.8 Å². The molecular weight excluding hydrogens is 290 g/mol. The van der Waals surface area contributed by atoms with Gasteiger partial charge >= 0.3 is 0 Å². The predicted molar refractivity (Wildman–Crippen MR) is 82.4 cm³/mol. The molecule has 0 spiro atoms. The summed E-state index contributed by atoms with van der Waals surface area (Å²) in [6.45, 7) is 1.06. The van der Waals surface area contributed by atoms with Crippen molar-refractivity contribution in [1.82, 2.24) is 9.97 Å². The first-order chi connectivity index (χ1) is 10.2. The van der Waals surface area contributed by atoms with Crippen LogP contribution in [0, 0.1) is 0 Å². The second-order valence-electron chi connectivity index (χ2n) is 4.70. The molecule has 0 aliphatic carbocycles. The number of fused-ring (bicyclic) bond motifs is 1. The fourth-order valence-corrected chi connectivity index (χ4v) is 2.52. The fourth-order valence-electron chi connectivity index (χ4n) is 2.35. The molecule has 108 valence electrons. The van der Waals surface area contributed by atoms with Gasteiger partial charge in [0.25, 0.3) is 0 Å². The van der Waals surface area contributed by atoms with Crippen molar-refractivity contribution in [2.24, 2.45) is 0 Å². The van der Waals surface area contributed by atoms with Crippen molar-refractivity contribution in [3.63, 3.8) is 0 Å². The summed E-state index contributed by atoms with van der Waals surface area (Å²) in [6.07, 6.45) is 1.80. The van der Waals surface area contributed by atoms with Gasteiger partial charge in [-0.15, -0.1) is 0 Å². The molecule has 0 saturated heterocycles. The largest absolute Gasteiger partial charge is 0.382 e. The summed E-state index contributed by atoms with van der Waals surface area (Å²) in [5.74, 6) is 0.812. The highest BCUT2D eigenvalue weighted by molar-refractivity contribution is 6.35. The number of benzene rings is 1. The van der Waals surface area contributed by atoms with Crippen LogP contribution < -0.4 is 16.0 Å². The van der Waals surface area contributed by atoms with Crippen LogP contribution in [0.15, 0.2) is 30.6 Å². The molecule has 1 aromatic carbocycles. The first-order valence-electron chi connectivity index (χ1n) is 6.55. The summed E-state index contributed by atoms with van der Waals surface area (Å²) < 4.78 is 0. The van der Waals surface area contributed by atoms with Gasteiger partial charge in [0, 0.05) is 18.8 Å². The first-order valence-corrected chi connectivity index (χ1v) is 6.92. The fraction of sp³-hybridized carbons (Fsp3) is 0.214. The molecule has 6 nitrogen and oxygen atoms in total. The van der Waals surface area contributed by atoms with Crippen LogP contribution in [0.25, 0.3) is 0 Å². The second kappa shape index (κ2) is 5.57. The summed E-state index contributed by atoms with van der Waals surface area (Å²) in [7, 11) is 0. The summed E-state index contributed by atoms with van der Waals surface area (Å²) in [4.78, 5) is 21.6. The number of hydrogen-bond donors (Lipinski definition) is 2. The molecule has 1 aromatic heterocycles. The molecule has 2 aromatic rings. The van der Waals surface area contributed by atoms with Gasteiger partial charge in [0.05, 0.1) is 6.42 Å². The van der Waals surface area contributed by atoms with E-state index in [1.807, 2.05) is 24.3 Å². The Labute approximate surface area is 126 Å². The molecule has 1 aliphatic heterocycles. The molecule has 2 heterocycles. The van der Waals surface area contributed by atoms with Crippen molar-refractivity contribution in [2.45, 2.75) is 6.42 Å². The number of carbonyl (C=O) groups excluding carboxylic acids is 1. The lowest BCUT2D eigenvalue weighted by Gasteiger charge is -2.18. The van der Waals surface area contributed by atoms with E-state index in [2.05, 4.69) is 15.3 Å². The lowest BCUT2D eigenvalue weighted by Crippen LogP contribution is -2.31. The van der Waals surface area contributed by atoms with Crippen LogP contribution >= 0.6 is 11.6 Å². The molecule has 21 heavy (non-hydrogen) atoms. The highest BCUT2D eigenvalue weighted by Gasteiger charge is 2.26. The first kappa shape index (κ1) is 13.6. The van der Waals surface area contributed by atoms with E-state index in [9.17, 15) is 4.79 Å². The van der Waals surface area contributed by atoms with E-state index >= 15 is 0 Å². The zero-order valence-corrected chi connectivity index (χ0v) is 12.0. The Morgan fingerprint density at radius 1 is 1.33 bits per heavy atom. The third-order valence-corrected chi connectivity index (χ3v) is 3.74. The standard InChI is InChI=1S/C14H14ClN5O/c15-12-13(16)18-8-19-14(12)17-5-6-20-10-4-2-1-3-9(10)7-11(20)21/h1-4,8H,5-7H2,(H3,16,17,18,19). The number of para-hydroxylation sites is 1. The van der Waals surface area contributed by atoms with E-state index in [4.69, 9.17) is 17.3 Å². The highest BCUT2D eigenvalue weighted by atomic mass is 35.5. The van der Waals surface area contributed by atoms with Crippen LogP contribution in [0.4, 0.5) is 17.3 Å². The molecule has 3 rings (SSSR count). The molecular formula is C14H14ClN5O. The van der Waals surface area contributed by atoms with Gasteiger partial charge in [-0.1, -0.05) is 29.8 Å². The average Bonchev–Trinajstić information content (AvgIpc) is 2.80. The van der Waals surface area contributed by atoms with Crippen molar-refractivity contribution < 1.29 is 4.79 Å². The quantitative estimate of drug-likeness (QED) is 0.898.